The van der Waals surface area contributed by atoms with Gasteiger partial charge < -0.3 is 10.1 Å². The number of ether oxygens (including phenoxy) is 1. The molecule has 1 aromatic heterocycles. The fourth-order valence-corrected chi connectivity index (χ4v) is 3.62. The molecule has 0 atom stereocenters. The number of nitrogens with one attached hydrogen (secondary N) is 1. The Balaban J connectivity index is 1.97. The molecule has 26 heavy (non-hydrogen) atoms. The highest BCUT2D eigenvalue weighted by Gasteiger charge is 2.23. The third-order valence-corrected chi connectivity index (χ3v) is 4.92. The molecule has 0 saturated heterocycles. The lowest BCUT2D eigenvalue weighted by molar-refractivity contribution is -0.121. The summed E-state index contributed by atoms with van der Waals surface area (Å²) >= 11 is 0. The summed E-state index contributed by atoms with van der Waals surface area (Å²) in [6.45, 7) is 0.955. The first-order valence-electron chi connectivity index (χ1n) is 9.13. The molecule has 3 rings (SSSR count). The van der Waals surface area contributed by atoms with E-state index in [0.29, 0.717) is 30.5 Å². The Hall–Kier alpha value is -2.41. The van der Waals surface area contributed by atoms with Gasteiger partial charge in [-0.2, -0.15) is 0 Å². The van der Waals surface area contributed by atoms with Gasteiger partial charge in [0.05, 0.1) is 10.9 Å². The smallest absolute Gasteiger partial charge is 0.332 e. The minimum absolute atomic E-state index is 0.0735. The third kappa shape index (κ3) is 3.72. The molecule has 0 unspecified atom stereocenters. The Kier molecular flexibility index (Phi) is 5.88. The van der Waals surface area contributed by atoms with Crippen molar-refractivity contribution in [2.75, 3.05) is 20.3 Å². The first kappa shape index (κ1) is 18.4. The van der Waals surface area contributed by atoms with E-state index in [1.54, 1.807) is 31.4 Å². The molecule has 7 nitrogen and oxygen atoms in total. The highest BCUT2D eigenvalue weighted by Crippen LogP contribution is 2.27. The first-order valence-corrected chi connectivity index (χ1v) is 9.13. The molecule has 2 aromatic rings. The molecule has 0 spiro atoms. The fourth-order valence-electron chi connectivity index (χ4n) is 3.62. The molecule has 1 aromatic carbocycles. The van der Waals surface area contributed by atoms with Crippen molar-refractivity contribution in [3.05, 3.63) is 45.1 Å². The zero-order valence-corrected chi connectivity index (χ0v) is 15.1. The first-order chi connectivity index (χ1) is 12.6. The average molecular weight is 359 g/mol. The second kappa shape index (κ2) is 8.31. The lowest BCUT2D eigenvalue weighted by atomic mass is 10.2. The summed E-state index contributed by atoms with van der Waals surface area (Å²) in [5.41, 5.74) is -0.148. The van der Waals surface area contributed by atoms with Crippen LogP contribution in [-0.4, -0.2) is 35.3 Å². The van der Waals surface area contributed by atoms with Gasteiger partial charge in [0.15, 0.2) is 0 Å². The number of hydrogen-bond donors (Lipinski definition) is 1. The number of para-hydroxylation sites is 1. The van der Waals surface area contributed by atoms with E-state index in [9.17, 15) is 14.4 Å². The molecule has 0 radical (unpaired) electrons. The largest absolute Gasteiger partial charge is 0.385 e. The number of methoxy groups -OCH3 is 1. The molecule has 0 aliphatic heterocycles. The van der Waals surface area contributed by atoms with Crippen LogP contribution in [0.15, 0.2) is 33.9 Å². The van der Waals surface area contributed by atoms with Crippen molar-refractivity contribution >= 4 is 16.8 Å². The number of fused-ring (bicyclic) bond motifs is 1. The summed E-state index contributed by atoms with van der Waals surface area (Å²) in [4.78, 5) is 38.2. The predicted molar refractivity (Wildman–Crippen MR) is 99.5 cm³/mol. The number of aromatic nitrogens is 2. The normalized spacial score (nSPS) is 14.8. The molecule has 140 valence electrons. The Morgan fingerprint density at radius 3 is 2.69 bits per heavy atom. The van der Waals surface area contributed by atoms with Crippen LogP contribution in [0.3, 0.4) is 0 Å². The molecular formula is C19H25N3O4. The van der Waals surface area contributed by atoms with Crippen molar-refractivity contribution in [1.29, 1.82) is 0 Å². The minimum Gasteiger partial charge on any atom is -0.385 e. The van der Waals surface area contributed by atoms with E-state index >= 15 is 0 Å². The van der Waals surface area contributed by atoms with Gasteiger partial charge in [-0.15, -0.1) is 0 Å². The van der Waals surface area contributed by atoms with Crippen molar-refractivity contribution in [3.8, 4) is 0 Å². The standard InChI is InChI=1S/C19H25N3O4/c1-26-12-6-11-20-17(23)13-21-16-10-5-4-9-15(16)18(24)22(19(21)25)14-7-2-3-8-14/h4-5,9-10,14H,2-3,6-8,11-13H2,1H3,(H,20,23). The van der Waals surface area contributed by atoms with Gasteiger partial charge in [-0.25, -0.2) is 4.79 Å². The lowest BCUT2D eigenvalue weighted by Crippen LogP contribution is -2.44. The predicted octanol–water partition coefficient (Wildman–Crippen LogP) is 1.43. The number of carbonyl (C=O) groups excluding carboxylic acids is 1. The third-order valence-electron chi connectivity index (χ3n) is 4.92. The van der Waals surface area contributed by atoms with E-state index in [4.69, 9.17) is 4.74 Å². The topological polar surface area (TPSA) is 82.3 Å². The van der Waals surface area contributed by atoms with Crippen LogP contribution in [0.1, 0.15) is 38.1 Å². The van der Waals surface area contributed by atoms with Crippen LogP contribution in [0.5, 0.6) is 0 Å². The Labute approximate surface area is 151 Å². The molecule has 1 N–H and O–H groups in total. The maximum absolute atomic E-state index is 13.0. The van der Waals surface area contributed by atoms with Gasteiger partial charge in [0.1, 0.15) is 6.54 Å². The summed E-state index contributed by atoms with van der Waals surface area (Å²) in [6.07, 6.45) is 4.40. The summed E-state index contributed by atoms with van der Waals surface area (Å²) in [5.74, 6) is -0.245. The Morgan fingerprint density at radius 1 is 1.23 bits per heavy atom. The van der Waals surface area contributed by atoms with Crippen LogP contribution in [0.2, 0.25) is 0 Å². The second-order valence-corrected chi connectivity index (χ2v) is 6.70. The maximum Gasteiger partial charge on any atom is 0.332 e. The number of hydrogen-bond acceptors (Lipinski definition) is 4. The van der Waals surface area contributed by atoms with Crippen molar-refractivity contribution in [2.45, 2.75) is 44.7 Å². The Morgan fingerprint density at radius 2 is 1.96 bits per heavy atom. The highest BCUT2D eigenvalue weighted by atomic mass is 16.5. The molecule has 1 amide bonds. The van der Waals surface area contributed by atoms with Gasteiger partial charge in [-0.3, -0.25) is 18.7 Å². The van der Waals surface area contributed by atoms with Crippen LogP contribution in [0.25, 0.3) is 10.9 Å². The molecule has 1 saturated carbocycles. The molecule has 1 heterocycles. The monoisotopic (exact) mass is 359 g/mol. The molecule has 7 heteroatoms. The van der Waals surface area contributed by atoms with Gasteiger partial charge in [0.25, 0.3) is 5.56 Å². The van der Waals surface area contributed by atoms with Crippen molar-refractivity contribution in [2.24, 2.45) is 0 Å². The van der Waals surface area contributed by atoms with E-state index < -0.39 is 5.69 Å². The van der Waals surface area contributed by atoms with Gasteiger partial charge in [-0.1, -0.05) is 25.0 Å². The second-order valence-electron chi connectivity index (χ2n) is 6.70. The summed E-state index contributed by atoms with van der Waals surface area (Å²) in [6, 6.07) is 6.91. The lowest BCUT2D eigenvalue weighted by Gasteiger charge is -2.17. The molecule has 1 fully saturated rings. The van der Waals surface area contributed by atoms with Crippen molar-refractivity contribution in [1.82, 2.24) is 14.5 Å². The Bertz CT molecular complexity index is 894. The van der Waals surface area contributed by atoms with Crippen molar-refractivity contribution < 1.29 is 9.53 Å². The van der Waals surface area contributed by atoms with E-state index in [1.165, 1.54) is 9.13 Å². The van der Waals surface area contributed by atoms with Crippen LogP contribution >= 0.6 is 0 Å². The van der Waals surface area contributed by atoms with E-state index in [-0.39, 0.29) is 24.1 Å². The van der Waals surface area contributed by atoms with Crippen LogP contribution < -0.4 is 16.6 Å². The SMILES string of the molecule is COCCCNC(=O)Cn1c(=O)n(C2CCCC2)c(=O)c2ccccc21. The average Bonchev–Trinajstić information content (AvgIpc) is 3.17. The quantitative estimate of drug-likeness (QED) is 0.758. The molecular weight excluding hydrogens is 334 g/mol. The minimum atomic E-state index is -0.396. The number of amides is 1. The van der Waals surface area contributed by atoms with Crippen LogP contribution in [-0.2, 0) is 16.1 Å². The number of rotatable bonds is 7. The molecule has 1 aliphatic rings. The van der Waals surface area contributed by atoms with Gasteiger partial charge >= 0.3 is 5.69 Å². The van der Waals surface area contributed by atoms with Gasteiger partial charge in [-0.05, 0) is 31.4 Å². The van der Waals surface area contributed by atoms with Gasteiger partial charge in [0, 0.05) is 26.3 Å². The number of benzene rings is 1. The highest BCUT2D eigenvalue weighted by molar-refractivity contribution is 5.81. The zero-order chi connectivity index (χ0) is 18.5. The van der Waals surface area contributed by atoms with Crippen LogP contribution in [0.4, 0.5) is 0 Å². The zero-order valence-electron chi connectivity index (χ0n) is 15.1. The summed E-state index contributed by atoms with van der Waals surface area (Å²) in [5, 5.41) is 3.27. The number of carbonyl (C=O) groups is 1. The molecule has 1 aliphatic carbocycles. The maximum atomic E-state index is 13.0. The van der Waals surface area contributed by atoms with Gasteiger partial charge in [0.2, 0.25) is 5.91 Å². The fraction of sp³-hybridized carbons (Fsp3) is 0.526. The van der Waals surface area contributed by atoms with E-state index in [2.05, 4.69) is 5.32 Å². The number of nitrogens with zero attached hydrogens (tertiary/aromatic N) is 2. The van der Waals surface area contributed by atoms with E-state index in [1.807, 2.05) is 0 Å². The van der Waals surface area contributed by atoms with E-state index in [0.717, 1.165) is 25.7 Å². The summed E-state index contributed by atoms with van der Waals surface area (Å²) in [7, 11) is 1.61. The van der Waals surface area contributed by atoms with Crippen LogP contribution in [0, 0.1) is 0 Å². The summed E-state index contributed by atoms with van der Waals surface area (Å²) < 4.78 is 7.73. The molecule has 0 bridgehead atoms. The van der Waals surface area contributed by atoms with Crippen molar-refractivity contribution in [3.63, 3.8) is 0 Å².